The van der Waals surface area contributed by atoms with Crippen LogP contribution in [0, 0.1) is 0 Å². The van der Waals surface area contributed by atoms with Crippen LogP contribution in [-0.2, 0) is 16.1 Å². The van der Waals surface area contributed by atoms with Gasteiger partial charge < -0.3 is 20.7 Å². The zero-order valence-electron chi connectivity index (χ0n) is 12.5. The number of hydrogen-bond donors (Lipinski definition) is 2. The van der Waals surface area contributed by atoms with Gasteiger partial charge in [-0.25, -0.2) is 0 Å². The van der Waals surface area contributed by atoms with E-state index in [1.54, 1.807) is 0 Å². The molecular formula is C15H25N3O2. The summed E-state index contributed by atoms with van der Waals surface area (Å²) in [5.41, 5.74) is 6.93. The van der Waals surface area contributed by atoms with Crippen molar-refractivity contribution in [3.05, 3.63) is 35.9 Å². The first-order valence-electron chi connectivity index (χ1n) is 6.80. The number of nitrogens with two attached hydrogens (primary N) is 1. The molecule has 20 heavy (non-hydrogen) atoms. The summed E-state index contributed by atoms with van der Waals surface area (Å²) in [6, 6.07) is 9.67. The fourth-order valence-corrected chi connectivity index (χ4v) is 2.08. The van der Waals surface area contributed by atoms with Crippen LogP contribution in [0.5, 0.6) is 0 Å². The van der Waals surface area contributed by atoms with Gasteiger partial charge in [-0.3, -0.25) is 4.79 Å². The van der Waals surface area contributed by atoms with Gasteiger partial charge in [0.1, 0.15) is 6.04 Å². The number of ether oxygens (including phenoxy) is 1. The zero-order valence-corrected chi connectivity index (χ0v) is 12.5. The Hall–Kier alpha value is -1.43. The molecule has 0 fully saturated rings. The van der Waals surface area contributed by atoms with Crippen LogP contribution in [0.25, 0.3) is 0 Å². The van der Waals surface area contributed by atoms with E-state index in [0.717, 1.165) is 13.1 Å². The van der Waals surface area contributed by atoms with E-state index in [0.29, 0.717) is 0 Å². The van der Waals surface area contributed by atoms with Crippen LogP contribution in [0.4, 0.5) is 0 Å². The maximum atomic E-state index is 11.7. The third kappa shape index (κ3) is 6.14. The molecule has 2 atom stereocenters. The van der Waals surface area contributed by atoms with Gasteiger partial charge in [0.15, 0.2) is 0 Å². The van der Waals surface area contributed by atoms with Gasteiger partial charge in [-0.15, -0.1) is 0 Å². The van der Waals surface area contributed by atoms with E-state index in [-0.39, 0.29) is 18.6 Å². The minimum absolute atomic E-state index is 0.0409. The SMILES string of the molecule is COCC(N)C(=O)NC(C)CN(C)Cc1ccccc1. The second kappa shape index (κ2) is 8.68. The van der Waals surface area contributed by atoms with Gasteiger partial charge in [0, 0.05) is 26.2 Å². The molecule has 5 nitrogen and oxygen atoms in total. The normalized spacial score (nSPS) is 14.1. The molecule has 1 aromatic carbocycles. The summed E-state index contributed by atoms with van der Waals surface area (Å²) < 4.78 is 4.87. The molecule has 0 saturated carbocycles. The van der Waals surface area contributed by atoms with Gasteiger partial charge in [0.25, 0.3) is 0 Å². The summed E-state index contributed by atoms with van der Waals surface area (Å²) >= 11 is 0. The van der Waals surface area contributed by atoms with E-state index in [1.165, 1.54) is 12.7 Å². The number of carbonyl (C=O) groups is 1. The van der Waals surface area contributed by atoms with Crippen LogP contribution >= 0.6 is 0 Å². The van der Waals surface area contributed by atoms with Gasteiger partial charge in [-0.05, 0) is 19.5 Å². The highest BCUT2D eigenvalue weighted by atomic mass is 16.5. The Labute approximate surface area is 121 Å². The minimum Gasteiger partial charge on any atom is -0.383 e. The summed E-state index contributed by atoms with van der Waals surface area (Å²) in [7, 11) is 3.56. The second-order valence-electron chi connectivity index (χ2n) is 5.15. The van der Waals surface area contributed by atoms with E-state index in [4.69, 9.17) is 10.5 Å². The lowest BCUT2D eigenvalue weighted by molar-refractivity contribution is -0.124. The predicted molar refractivity (Wildman–Crippen MR) is 80.2 cm³/mol. The van der Waals surface area contributed by atoms with Crippen LogP contribution in [0.3, 0.4) is 0 Å². The van der Waals surface area contributed by atoms with Crippen LogP contribution in [0.1, 0.15) is 12.5 Å². The molecule has 0 heterocycles. The Bertz CT molecular complexity index is 397. The Balaban J connectivity index is 2.34. The number of likely N-dealkylation sites (N-methyl/N-ethyl adjacent to an activating group) is 1. The molecule has 1 aromatic rings. The number of benzene rings is 1. The minimum atomic E-state index is -0.609. The molecule has 0 radical (unpaired) electrons. The lowest BCUT2D eigenvalue weighted by Gasteiger charge is -2.23. The lowest BCUT2D eigenvalue weighted by Crippen LogP contribution is -2.49. The highest BCUT2D eigenvalue weighted by Gasteiger charge is 2.16. The predicted octanol–water partition coefficient (Wildman–Crippen LogP) is 0.597. The van der Waals surface area contributed by atoms with E-state index in [1.807, 2.05) is 32.2 Å². The molecule has 2 unspecified atom stereocenters. The van der Waals surface area contributed by atoms with Gasteiger partial charge in [-0.2, -0.15) is 0 Å². The second-order valence-corrected chi connectivity index (χ2v) is 5.15. The number of carbonyl (C=O) groups excluding carboxylic acids is 1. The number of hydrogen-bond acceptors (Lipinski definition) is 4. The van der Waals surface area contributed by atoms with E-state index in [9.17, 15) is 4.79 Å². The molecule has 112 valence electrons. The van der Waals surface area contributed by atoms with Gasteiger partial charge in [0.2, 0.25) is 5.91 Å². The molecule has 3 N–H and O–H groups in total. The highest BCUT2D eigenvalue weighted by molar-refractivity contribution is 5.81. The quantitative estimate of drug-likeness (QED) is 0.731. The van der Waals surface area contributed by atoms with Gasteiger partial charge in [-0.1, -0.05) is 30.3 Å². The molecule has 5 heteroatoms. The zero-order chi connectivity index (χ0) is 15.0. The van der Waals surface area contributed by atoms with Crippen LogP contribution in [-0.4, -0.2) is 50.2 Å². The Morgan fingerprint density at radius 2 is 2.05 bits per heavy atom. The van der Waals surface area contributed by atoms with Crippen LogP contribution < -0.4 is 11.1 Å². The molecule has 0 aliphatic carbocycles. The number of amides is 1. The molecule has 0 bridgehead atoms. The van der Waals surface area contributed by atoms with Crippen LogP contribution in [0.15, 0.2) is 30.3 Å². The van der Waals surface area contributed by atoms with Crippen molar-refractivity contribution in [1.29, 1.82) is 0 Å². The largest absolute Gasteiger partial charge is 0.383 e. The van der Waals surface area contributed by atoms with Crippen molar-refractivity contribution in [2.45, 2.75) is 25.6 Å². The summed E-state index contributed by atoms with van der Waals surface area (Å²) in [4.78, 5) is 13.9. The monoisotopic (exact) mass is 279 g/mol. The summed E-state index contributed by atoms with van der Waals surface area (Å²) in [5.74, 6) is -0.174. The van der Waals surface area contributed by atoms with Crippen molar-refractivity contribution in [2.75, 3.05) is 27.3 Å². The molecule has 0 aliphatic rings. The molecule has 0 aromatic heterocycles. The maximum Gasteiger partial charge on any atom is 0.239 e. The van der Waals surface area contributed by atoms with Crippen molar-refractivity contribution < 1.29 is 9.53 Å². The Morgan fingerprint density at radius 1 is 1.40 bits per heavy atom. The van der Waals surface area contributed by atoms with E-state index in [2.05, 4.69) is 22.3 Å². The fourth-order valence-electron chi connectivity index (χ4n) is 2.08. The van der Waals surface area contributed by atoms with Crippen molar-refractivity contribution >= 4 is 5.91 Å². The number of methoxy groups -OCH3 is 1. The van der Waals surface area contributed by atoms with Gasteiger partial charge >= 0.3 is 0 Å². The lowest BCUT2D eigenvalue weighted by atomic mass is 10.2. The van der Waals surface area contributed by atoms with Crippen LogP contribution in [0.2, 0.25) is 0 Å². The Morgan fingerprint density at radius 3 is 2.65 bits per heavy atom. The molecule has 1 rings (SSSR count). The number of nitrogens with one attached hydrogen (secondary N) is 1. The fraction of sp³-hybridized carbons (Fsp3) is 0.533. The summed E-state index contributed by atoms with van der Waals surface area (Å²) in [6.07, 6.45) is 0. The van der Waals surface area contributed by atoms with E-state index >= 15 is 0 Å². The van der Waals surface area contributed by atoms with Crippen molar-refractivity contribution in [2.24, 2.45) is 5.73 Å². The smallest absolute Gasteiger partial charge is 0.239 e. The standard InChI is InChI=1S/C15H25N3O2/c1-12(17-15(19)14(16)11-20-3)9-18(2)10-13-7-5-4-6-8-13/h4-8,12,14H,9-11,16H2,1-3H3,(H,17,19). The van der Waals surface area contributed by atoms with Crippen molar-refractivity contribution in [3.63, 3.8) is 0 Å². The first-order chi connectivity index (χ1) is 9.52. The Kier molecular flexibility index (Phi) is 7.22. The van der Waals surface area contributed by atoms with Gasteiger partial charge in [0.05, 0.1) is 6.61 Å². The third-order valence-electron chi connectivity index (χ3n) is 2.95. The maximum absolute atomic E-state index is 11.7. The average Bonchev–Trinajstić information content (AvgIpc) is 2.39. The average molecular weight is 279 g/mol. The topological polar surface area (TPSA) is 67.6 Å². The molecule has 0 spiro atoms. The summed E-state index contributed by atoms with van der Waals surface area (Å²) in [6.45, 7) is 3.82. The molecular weight excluding hydrogens is 254 g/mol. The number of nitrogens with zero attached hydrogens (tertiary/aromatic N) is 1. The molecule has 0 aliphatic heterocycles. The number of rotatable bonds is 8. The van der Waals surface area contributed by atoms with E-state index < -0.39 is 6.04 Å². The first-order valence-corrected chi connectivity index (χ1v) is 6.80. The first kappa shape index (κ1) is 16.6. The van der Waals surface area contributed by atoms with Crippen molar-refractivity contribution in [1.82, 2.24) is 10.2 Å². The molecule has 1 amide bonds. The summed E-state index contributed by atoms with van der Waals surface area (Å²) in [5, 5.41) is 2.90. The van der Waals surface area contributed by atoms with Crippen molar-refractivity contribution in [3.8, 4) is 0 Å². The highest BCUT2D eigenvalue weighted by Crippen LogP contribution is 2.03. The molecule has 0 saturated heterocycles. The third-order valence-corrected chi connectivity index (χ3v) is 2.95.